The Balaban J connectivity index is 1.81. The molecule has 1 amide bonds. The lowest BCUT2D eigenvalue weighted by molar-refractivity contribution is -0.135. The van der Waals surface area contributed by atoms with Crippen LogP contribution < -0.4 is 5.32 Å². The number of rotatable bonds is 4. The number of halogens is 1. The summed E-state index contributed by atoms with van der Waals surface area (Å²) in [6, 6.07) is 6.29. The van der Waals surface area contributed by atoms with Gasteiger partial charge in [-0.15, -0.1) is 0 Å². The predicted molar refractivity (Wildman–Crippen MR) is 80.7 cm³/mol. The average molecular weight is 293 g/mol. The molecule has 3 nitrogen and oxygen atoms in total. The van der Waals surface area contributed by atoms with E-state index in [1.807, 2.05) is 19.1 Å². The molecule has 108 valence electrons. The topological polar surface area (TPSA) is 32.3 Å². The maximum absolute atomic E-state index is 12.6. The van der Waals surface area contributed by atoms with E-state index in [0.29, 0.717) is 18.5 Å². The molecule has 1 heterocycles. The molecule has 1 N–H and O–H groups in total. The van der Waals surface area contributed by atoms with Crippen LogP contribution in [0.5, 0.6) is 0 Å². The van der Waals surface area contributed by atoms with Crippen LogP contribution in [-0.2, 0) is 11.3 Å². The van der Waals surface area contributed by atoms with Gasteiger partial charge in [0.2, 0.25) is 5.91 Å². The first-order valence-corrected chi connectivity index (χ1v) is 7.80. The summed E-state index contributed by atoms with van der Waals surface area (Å²) >= 11 is 6.20. The van der Waals surface area contributed by atoms with Crippen LogP contribution in [0.4, 0.5) is 0 Å². The van der Waals surface area contributed by atoms with Gasteiger partial charge in [-0.05, 0) is 49.9 Å². The van der Waals surface area contributed by atoms with E-state index in [4.69, 9.17) is 11.6 Å². The van der Waals surface area contributed by atoms with Gasteiger partial charge in [0.25, 0.3) is 0 Å². The number of carbonyl (C=O) groups is 1. The molecule has 1 saturated heterocycles. The van der Waals surface area contributed by atoms with E-state index in [2.05, 4.69) is 16.3 Å². The highest BCUT2D eigenvalue weighted by Gasteiger charge is 2.37. The largest absolute Gasteiger partial charge is 0.334 e. The lowest BCUT2D eigenvalue weighted by atomic mass is 10.1. The first-order valence-electron chi connectivity index (χ1n) is 7.42. The Hall–Kier alpha value is -1.06. The second-order valence-corrected chi connectivity index (χ2v) is 6.32. The van der Waals surface area contributed by atoms with Crippen LogP contribution in [0.15, 0.2) is 18.2 Å². The third kappa shape index (κ3) is 2.84. The lowest BCUT2D eigenvalue weighted by Crippen LogP contribution is -2.42. The van der Waals surface area contributed by atoms with Gasteiger partial charge in [-0.1, -0.05) is 23.7 Å². The van der Waals surface area contributed by atoms with Gasteiger partial charge in [-0.3, -0.25) is 4.79 Å². The van der Waals surface area contributed by atoms with Crippen LogP contribution >= 0.6 is 11.6 Å². The van der Waals surface area contributed by atoms with Crippen LogP contribution in [0.2, 0.25) is 5.02 Å². The maximum Gasteiger partial charge on any atom is 0.226 e. The molecule has 20 heavy (non-hydrogen) atoms. The highest BCUT2D eigenvalue weighted by Crippen LogP contribution is 2.33. The molecule has 0 aromatic heterocycles. The normalized spacial score (nSPS) is 22.0. The molecule has 1 saturated carbocycles. The Morgan fingerprint density at radius 2 is 2.20 bits per heavy atom. The third-order valence-electron chi connectivity index (χ3n) is 4.41. The molecule has 1 atom stereocenters. The summed E-state index contributed by atoms with van der Waals surface area (Å²) in [5, 5.41) is 4.14. The molecule has 0 spiro atoms. The Kier molecular flexibility index (Phi) is 3.99. The Bertz CT molecular complexity index is 507. The smallest absolute Gasteiger partial charge is 0.226 e. The fourth-order valence-corrected chi connectivity index (χ4v) is 3.06. The third-order valence-corrected chi connectivity index (χ3v) is 4.81. The van der Waals surface area contributed by atoms with Crippen molar-refractivity contribution in [3.05, 3.63) is 34.3 Å². The zero-order chi connectivity index (χ0) is 14.1. The highest BCUT2D eigenvalue weighted by molar-refractivity contribution is 6.31. The van der Waals surface area contributed by atoms with Crippen molar-refractivity contribution < 1.29 is 4.79 Å². The van der Waals surface area contributed by atoms with Gasteiger partial charge in [0, 0.05) is 30.1 Å². The van der Waals surface area contributed by atoms with Gasteiger partial charge in [-0.2, -0.15) is 0 Å². The predicted octanol–water partition coefficient (Wildman–Crippen LogP) is 2.75. The van der Waals surface area contributed by atoms with Crippen molar-refractivity contribution in [3.8, 4) is 0 Å². The molecule has 1 aromatic rings. The van der Waals surface area contributed by atoms with E-state index in [-0.39, 0.29) is 5.92 Å². The number of benzene rings is 1. The molecule has 2 aliphatic rings. The van der Waals surface area contributed by atoms with Crippen molar-refractivity contribution in [2.24, 2.45) is 5.92 Å². The van der Waals surface area contributed by atoms with E-state index in [9.17, 15) is 4.79 Å². The van der Waals surface area contributed by atoms with Crippen molar-refractivity contribution in [2.75, 3.05) is 13.1 Å². The van der Waals surface area contributed by atoms with Crippen LogP contribution in [0.3, 0.4) is 0 Å². The van der Waals surface area contributed by atoms with Crippen molar-refractivity contribution in [1.29, 1.82) is 0 Å². The number of amides is 1. The SMILES string of the molecule is Cc1c(Cl)cccc1CN(C(=O)C1CC1)[C@H]1CCNC1. The van der Waals surface area contributed by atoms with Gasteiger partial charge in [0.1, 0.15) is 0 Å². The molecule has 0 bridgehead atoms. The summed E-state index contributed by atoms with van der Waals surface area (Å²) < 4.78 is 0. The van der Waals surface area contributed by atoms with E-state index >= 15 is 0 Å². The minimum absolute atomic E-state index is 0.273. The fourth-order valence-electron chi connectivity index (χ4n) is 2.86. The van der Waals surface area contributed by atoms with Crippen molar-refractivity contribution in [3.63, 3.8) is 0 Å². The van der Waals surface area contributed by atoms with E-state index in [0.717, 1.165) is 42.9 Å². The molecule has 2 fully saturated rings. The Morgan fingerprint density at radius 3 is 2.85 bits per heavy atom. The Labute approximate surface area is 125 Å². The summed E-state index contributed by atoms with van der Waals surface area (Å²) in [4.78, 5) is 14.6. The Morgan fingerprint density at radius 1 is 1.40 bits per heavy atom. The second-order valence-electron chi connectivity index (χ2n) is 5.91. The average Bonchev–Trinajstić information content (AvgIpc) is 3.16. The quantitative estimate of drug-likeness (QED) is 0.925. The molecule has 0 unspecified atom stereocenters. The summed E-state index contributed by atoms with van der Waals surface area (Å²) in [5.41, 5.74) is 2.26. The van der Waals surface area contributed by atoms with Crippen molar-refractivity contribution in [2.45, 2.75) is 38.8 Å². The van der Waals surface area contributed by atoms with Crippen LogP contribution in [0, 0.1) is 12.8 Å². The molecule has 0 radical (unpaired) electrons. The molecular formula is C16H21ClN2O. The monoisotopic (exact) mass is 292 g/mol. The summed E-state index contributed by atoms with van der Waals surface area (Å²) in [6.07, 6.45) is 3.17. The molecule has 1 aromatic carbocycles. The number of hydrogen-bond donors (Lipinski definition) is 1. The van der Waals surface area contributed by atoms with Gasteiger partial charge >= 0.3 is 0 Å². The van der Waals surface area contributed by atoms with Gasteiger partial charge in [-0.25, -0.2) is 0 Å². The number of carbonyl (C=O) groups excluding carboxylic acids is 1. The van der Waals surface area contributed by atoms with Crippen LogP contribution in [0.1, 0.15) is 30.4 Å². The molecule has 3 rings (SSSR count). The van der Waals surface area contributed by atoms with Crippen molar-refractivity contribution >= 4 is 17.5 Å². The molecule has 4 heteroatoms. The summed E-state index contributed by atoms with van der Waals surface area (Å²) in [6.45, 7) is 4.64. The zero-order valence-corrected chi connectivity index (χ0v) is 12.6. The molecular weight excluding hydrogens is 272 g/mol. The van der Waals surface area contributed by atoms with E-state index in [1.165, 1.54) is 5.56 Å². The van der Waals surface area contributed by atoms with Crippen molar-refractivity contribution in [1.82, 2.24) is 10.2 Å². The first-order chi connectivity index (χ1) is 9.66. The van der Waals surface area contributed by atoms with E-state index < -0.39 is 0 Å². The van der Waals surface area contributed by atoms with Gasteiger partial charge in [0.15, 0.2) is 0 Å². The number of nitrogens with one attached hydrogen (secondary N) is 1. The minimum Gasteiger partial charge on any atom is -0.334 e. The van der Waals surface area contributed by atoms with E-state index in [1.54, 1.807) is 0 Å². The zero-order valence-electron chi connectivity index (χ0n) is 11.9. The van der Waals surface area contributed by atoms with Crippen LogP contribution in [0.25, 0.3) is 0 Å². The second kappa shape index (κ2) is 5.74. The number of hydrogen-bond acceptors (Lipinski definition) is 2. The fraction of sp³-hybridized carbons (Fsp3) is 0.562. The standard InChI is InChI=1S/C16H21ClN2O/c1-11-13(3-2-4-15(11)17)10-19(14-7-8-18-9-14)16(20)12-5-6-12/h2-4,12,14,18H,5-10H2,1H3/t14-/m0/s1. The maximum atomic E-state index is 12.6. The molecule has 1 aliphatic heterocycles. The summed E-state index contributed by atoms with van der Waals surface area (Å²) in [5.74, 6) is 0.605. The molecule has 1 aliphatic carbocycles. The summed E-state index contributed by atoms with van der Waals surface area (Å²) in [7, 11) is 0. The number of nitrogens with zero attached hydrogens (tertiary/aromatic N) is 1. The first kappa shape index (κ1) is 13.9. The van der Waals surface area contributed by atoms with Crippen LogP contribution in [-0.4, -0.2) is 29.9 Å². The van der Waals surface area contributed by atoms with Gasteiger partial charge < -0.3 is 10.2 Å². The van der Waals surface area contributed by atoms with Gasteiger partial charge in [0.05, 0.1) is 0 Å². The highest BCUT2D eigenvalue weighted by atomic mass is 35.5. The minimum atomic E-state index is 0.273. The lowest BCUT2D eigenvalue weighted by Gasteiger charge is -2.29.